The summed E-state index contributed by atoms with van der Waals surface area (Å²) in [6.45, 7) is 2.34. The van der Waals surface area contributed by atoms with Gasteiger partial charge in [-0.05, 0) is 18.6 Å². The van der Waals surface area contributed by atoms with Crippen molar-refractivity contribution in [2.45, 2.75) is 6.42 Å². The van der Waals surface area contributed by atoms with E-state index in [1.54, 1.807) is 12.1 Å². The largest absolute Gasteiger partial charge is 0.381 e. The first-order valence-electron chi connectivity index (χ1n) is 5.70. The molecule has 1 aliphatic rings. The lowest BCUT2D eigenvalue weighted by Gasteiger charge is -2.23. The van der Waals surface area contributed by atoms with E-state index in [4.69, 9.17) is 10.00 Å². The summed E-state index contributed by atoms with van der Waals surface area (Å²) < 4.78 is 18.8. The van der Waals surface area contributed by atoms with Gasteiger partial charge in [-0.25, -0.2) is 4.39 Å². The van der Waals surface area contributed by atoms with Gasteiger partial charge in [0.1, 0.15) is 17.4 Å². The van der Waals surface area contributed by atoms with Gasteiger partial charge < -0.3 is 9.64 Å². The quantitative estimate of drug-likeness (QED) is 0.804. The van der Waals surface area contributed by atoms with Crippen LogP contribution >= 0.6 is 0 Å². The van der Waals surface area contributed by atoms with Crippen LogP contribution in [-0.2, 0) is 4.74 Å². The zero-order valence-corrected chi connectivity index (χ0v) is 9.82. The highest BCUT2D eigenvalue weighted by Crippen LogP contribution is 2.23. The number of anilines is 1. The molecule has 4 heteroatoms. The van der Waals surface area contributed by atoms with Crippen molar-refractivity contribution in [3.05, 3.63) is 29.6 Å². The maximum atomic E-state index is 13.5. The van der Waals surface area contributed by atoms with Crippen LogP contribution in [0.5, 0.6) is 0 Å². The third-order valence-corrected chi connectivity index (χ3v) is 3.07. The molecule has 0 aliphatic carbocycles. The van der Waals surface area contributed by atoms with Crippen LogP contribution in [0.3, 0.4) is 0 Å². The molecule has 1 aromatic rings. The lowest BCUT2D eigenvalue weighted by molar-refractivity contribution is 0.186. The average molecular weight is 234 g/mol. The Hall–Kier alpha value is -1.60. The molecule has 17 heavy (non-hydrogen) atoms. The van der Waals surface area contributed by atoms with Crippen LogP contribution < -0.4 is 4.90 Å². The molecule has 0 aromatic heterocycles. The summed E-state index contributed by atoms with van der Waals surface area (Å²) in [6, 6.07) is 6.64. The lowest BCUT2D eigenvalue weighted by atomic mass is 10.1. The summed E-state index contributed by atoms with van der Waals surface area (Å²) in [7, 11) is 1.88. The number of rotatable bonds is 3. The Morgan fingerprint density at radius 2 is 2.41 bits per heavy atom. The summed E-state index contributed by atoms with van der Waals surface area (Å²) in [5, 5.41) is 8.97. The first-order chi connectivity index (χ1) is 8.22. The molecule has 0 saturated carbocycles. The lowest BCUT2D eigenvalue weighted by Crippen LogP contribution is -2.26. The number of ether oxygens (including phenoxy) is 1. The van der Waals surface area contributed by atoms with Crippen LogP contribution in [0.25, 0.3) is 0 Å². The molecule has 1 heterocycles. The van der Waals surface area contributed by atoms with Gasteiger partial charge in [0, 0.05) is 26.1 Å². The van der Waals surface area contributed by atoms with Crippen LogP contribution in [0, 0.1) is 23.1 Å². The molecule has 0 spiro atoms. The second-order valence-electron chi connectivity index (χ2n) is 4.36. The summed E-state index contributed by atoms with van der Waals surface area (Å²) in [5.41, 5.74) is 0.772. The highest BCUT2D eigenvalue weighted by Gasteiger charge is 2.19. The normalized spacial score (nSPS) is 19.0. The van der Waals surface area contributed by atoms with Gasteiger partial charge >= 0.3 is 0 Å². The molecule has 3 nitrogen and oxygen atoms in total. The van der Waals surface area contributed by atoms with Crippen molar-refractivity contribution >= 4 is 5.69 Å². The zero-order chi connectivity index (χ0) is 12.3. The minimum Gasteiger partial charge on any atom is -0.381 e. The van der Waals surface area contributed by atoms with Crippen molar-refractivity contribution < 1.29 is 9.13 Å². The van der Waals surface area contributed by atoms with Gasteiger partial charge in [0.15, 0.2) is 0 Å². The SMILES string of the molecule is CN(CC1CCOC1)c1cccc(F)c1C#N. The van der Waals surface area contributed by atoms with E-state index in [2.05, 4.69) is 0 Å². The predicted octanol–water partition coefficient (Wildman–Crippen LogP) is 2.17. The molecular weight excluding hydrogens is 219 g/mol. The van der Waals surface area contributed by atoms with E-state index in [-0.39, 0.29) is 5.56 Å². The van der Waals surface area contributed by atoms with E-state index in [1.165, 1.54) is 6.07 Å². The molecule has 0 radical (unpaired) electrons. The van der Waals surface area contributed by atoms with Gasteiger partial charge in [-0.3, -0.25) is 0 Å². The Balaban J connectivity index is 2.15. The van der Waals surface area contributed by atoms with Crippen molar-refractivity contribution in [1.82, 2.24) is 0 Å². The summed E-state index contributed by atoms with van der Waals surface area (Å²) in [5.74, 6) is 0.00864. The molecule has 1 atom stereocenters. The van der Waals surface area contributed by atoms with Crippen LogP contribution in [-0.4, -0.2) is 26.8 Å². The Labute approximate surface area is 100 Å². The number of halogens is 1. The molecule has 0 bridgehead atoms. The van der Waals surface area contributed by atoms with Gasteiger partial charge in [0.05, 0.1) is 12.3 Å². The molecule has 0 N–H and O–H groups in total. The fourth-order valence-corrected chi connectivity index (χ4v) is 2.15. The predicted molar refractivity (Wildman–Crippen MR) is 63.3 cm³/mol. The number of hydrogen-bond donors (Lipinski definition) is 0. The Bertz CT molecular complexity index is 436. The molecule has 1 fully saturated rings. The van der Waals surface area contributed by atoms with Gasteiger partial charge in [-0.2, -0.15) is 5.26 Å². The smallest absolute Gasteiger partial charge is 0.143 e. The zero-order valence-electron chi connectivity index (χ0n) is 9.82. The van der Waals surface area contributed by atoms with Crippen molar-refractivity contribution in [2.75, 3.05) is 31.7 Å². The van der Waals surface area contributed by atoms with Gasteiger partial charge in [0.2, 0.25) is 0 Å². The summed E-state index contributed by atoms with van der Waals surface area (Å²) in [6.07, 6.45) is 1.03. The molecule has 1 saturated heterocycles. The molecule has 1 aliphatic heterocycles. The van der Waals surface area contributed by atoms with Crippen LogP contribution in [0.2, 0.25) is 0 Å². The van der Waals surface area contributed by atoms with Crippen LogP contribution in [0.1, 0.15) is 12.0 Å². The fourth-order valence-electron chi connectivity index (χ4n) is 2.15. The molecule has 1 aromatic carbocycles. The van der Waals surface area contributed by atoms with Crippen LogP contribution in [0.4, 0.5) is 10.1 Å². The number of nitriles is 1. The second-order valence-corrected chi connectivity index (χ2v) is 4.36. The highest BCUT2D eigenvalue weighted by molar-refractivity contribution is 5.59. The Kier molecular flexibility index (Phi) is 3.60. The number of nitrogens with zero attached hydrogens (tertiary/aromatic N) is 2. The monoisotopic (exact) mass is 234 g/mol. The summed E-state index contributed by atoms with van der Waals surface area (Å²) >= 11 is 0. The van der Waals surface area contributed by atoms with Crippen molar-refractivity contribution in [3.63, 3.8) is 0 Å². The molecule has 2 rings (SSSR count). The maximum Gasteiger partial charge on any atom is 0.143 e. The third-order valence-electron chi connectivity index (χ3n) is 3.07. The van der Waals surface area contributed by atoms with Crippen molar-refractivity contribution in [1.29, 1.82) is 5.26 Å². The minimum atomic E-state index is -0.459. The number of benzene rings is 1. The van der Waals surface area contributed by atoms with E-state index in [0.29, 0.717) is 11.6 Å². The van der Waals surface area contributed by atoms with Crippen molar-refractivity contribution in [2.24, 2.45) is 5.92 Å². The van der Waals surface area contributed by atoms with E-state index in [1.807, 2.05) is 18.0 Å². The van der Waals surface area contributed by atoms with Gasteiger partial charge in [-0.1, -0.05) is 6.07 Å². The first-order valence-corrected chi connectivity index (χ1v) is 5.70. The fraction of sp³-hybridized carbons (Fsp3) is 0.462. The van der Waals surface area contributed by atoms with E-state index in [9.17, 15) is 4.39 Å². The molecule has 1 unspecified atom stereocenters. The maximum absolute atomic E-state index is 13.5. The summed E-state index contributed by atoms with van der Waals surface area (Å²) in [4.78, 5) is 1.93. The van der Waals surface area contributed by atoms with Gasteiger partial charge in [0.25, 0.3) is 0 Å². The van der Waals surface area contributed by atoms with Gasteiger partial charge in [-0.15, -0.1) is 0 Å². The first kappa shape index (κ1) is 11.9. The van der Waals surface area contributed by atoms with E-state index < -0.39 is 5.82 Å². The topological polar surface area (TPSA) is 36.3 Å². The number of hydrogen-bond acceptors (Lipinski definition) is 3. The second kappa shape index (κ2) is 5.15. The molecule has 90 valence electrons. The molecular formula is C13H15FN2O. The van der Waals surface area contributed by atoms with Crippen LogP contribution in [0.15, 0.2) is 18.2 Å². The molecule has 0 amide bonds. The van der Waals surface area contributed by atoms with Crippen molar-refractivity contribution in [3.8, 4) is 6.07 Å². The third kappa shape index (κ3) is 2.56. The van der Waals surface area contributed by atoms with E-state index in [0.717, 1.165) is 26.2 Å². The minimum absolute atomic E-state index is 0.119. The highest BCUT2D eigenvalue weighted by atomic mass is 19.1. The Morgan fingerprint density at radius 3 is 3.06 bits per heavy atom. The standard InChI is InChI=1S/C13H15FN2O/c1-16(8-10-5-6-17-9-10)13-4-2-3-12(14)11(13)7-15/h2-4,10H,5-6,8-9H2,1H3. The Morgan fingerprint density at radius 1 is 1.59 bits per heavy atom. The average Bonchev–Trinajstić information content (AvgIpc) is 2.81. The van der Waals surface area contributed by atoms with E-state index >= 15 is 0 Å².